The maximum absolute atomic E-state index is 5.74. The molecular weight excluding hydrogens is 150 g/mol. The molecule has 1 aliphatic heterocycles. The Bertz CT molecular complexity index is 115. The van der Waals surface area contributed by atoms with E-state index in [9.17, 15) is 0 Å². The topological polar surface area (TPSA) is 32.5 Å². The molecule has 0 unspecified atom stereocenters. The summed E-state index contributed by atoms with van der Waals surface area (Å²) in [5.74, 6) is 5.74. The van der Waals surface area contributed by atoms with Gasteiger partial charge in [0, 0.05) is 19.1 Å². The van der Waals surface area contributed by atoms with Crippen molar-refractivity contribution in [3.05, 3.63) is 0 Å². The molecule has 12 heavy (non-hydrogen) atoms. The highest BCUT2D eigenvalue weighted by Gasteiger charge is 2.12. The van der Waals surface area contributed by atoms with Gasteiger partial charge < -0.3 is 4.90 Å². The lowest BCUT2D eigenvalue weighted by molar-refractivity contribution is 0.158. The minimum absolute atomic E-state index is 0.689. The van der Waals surface area contributed by atoms with Crippen LogP contribution in [-0.4, -0.2) is 42.1 Å². The molecular formula is C9H21N3. The first-order valence-electron chi connectivity index (χ1n) is 4.94. The summed E-state index contributed by atoms with van der Waals surface area (Å²) < 4.78 is 0. The second kappa shape index (κ2) is 4.80. The Kier molecular flexibility index (Phi) is 3.98. The van der Waals surface area contributed by atoms with Gasteiger partial charge in [0.05, 0.1) is 0 Å². The van der Waals surface area contributed by atoms with Crippen LogP contribution < -0.4 is 5.84 Å². The average Bonchev–Trinajstić information content (AvgIpc) is 1.95. The summed E-state index contributed by atoms with van der Waals surface area (Å²) in [7, 11) is 0. The van der Waals surface area contributed by atoms with Gasteiger partial charge in [-0.25, -0.2) is 5.01 Å². The van der Waals surface area contributed by atoms with E-state index in [1.165, 1.54) is 25.9 Å². The summed E-state index contributed by atoms with van der Waals surface area (Å²) in [5.41, 5.74) is 0. The van der Waals surface area contributed by atoms with Crippen LogP contribution >= 0.6 is 0 Å². The highest BCUT2D eigenvalue weighted by Crippen LogP contribution is 2.04. The van der Waals surface area contributed by atoms with E-state index in [4.69, 9.17) is 5.84 Å². The van der Waals surface area contributed by atoms with Gasteiger partial charge in [0.25, 0.3) is 0 Å². The van der Waals surface area contributed by atoms with Crippen molar-refractivity contribution in [3.8, 4) is 0 Å². The quantitative estimate of drug-likeness (QED) is 0.588. The Morgan fingerprint density at radius 1 is 1.00 bits per heavy atom. The van der Waals surface area contributed by atoms with Gasteiger partial charge in [-0.05, 0) is 39.8 Å². The molecule has 3 nitrogen and oxygen atoms in total. The van der Waals surface area contributed by atoms with Crippen LogP contribution in [0.3, 0.4) is 0 Å². The third kappa shape index (κ3) is 3.09. The van der Waals surface area contributed by atoms with E-state index in [1.54, 1.807) is 0 Å². The average molecular weight is 171 g/mol. The van der Waals surface area contributed by atoms with Gasteiger partial charge >= 0.3 is 0 Å². The Labute approximate surface area is 75.5 Å². The summed E-state index contributed by atoms with van der Waals surface area (Å²) in [6.45, 7) is 9.02. The molecule has 0 aliphatic carbocycles. The summed E-state index contributed by atoms with van der Waals surface area (Å²) >= 11 is 0. The van der Waals surface area contributed by atoms with Crippen LogP contribution in [0, 0.1) is 0 Å². The van der Waals surface area contributed by atoms with Crippen LogP contribution in [0.1, 0.15) is 26.7 Å². The fourth-order valence-electron chi connectivity index (χ4n) is 1.69. The van der Waals surface area contributed by atoms with Gasteiger partial charge in [0.2, 0.25) is 0 Å². The first kappa shape index (κ1) is 9.96. The SMILES string of the molecule is CC(C)N1CCCN(N)CCC1. The second-order valence-electron chi connectivity index (χ2n) is 3.87. The maximum Gasteiger partial charge on any atom is 0.0140 e. The molecule has 1 rings (SSSR count). The molecule has 3 heteroatoms. The van der Waals surface area contributed by atoms with Crippen molar-refractivity contribution in [2.75, 3.05) is 26.2 Å². The third-order valence-electron chi connectivity index (χ3n) is 2.51. The number of hydrogen-bond donors (Lipinski definition) is 1. The smallest absolute Gasteiger partial charge is 0.0140 e. The van der Waals surface area contributed by atoms with E-state index in [0.29, 0.717) is 6.04 Å². The van der Waals surface area contributed by atoms with Gasteiger partial charge in [-0.1, -0.05) is 0 Å². The molecule has 0 saturated carbocycles. The van der Waals surface area contributed by atoms with E-state index in [2.05, 4.69) is 18.7 Å². The third-order valence-corrected chi connectivity index (χ3v) is 2.51. The van der Waals surface area contributed by atoms with E-state index in [-0.39, 0.29) is 0 Å². The van der Waals surface area contributed by atoms with E-state index < -0.39 is 0 Å². The molecule has 1 heterocycles. The predicted octanol–water partition coefficient (Wildman–Crippen LogP) is 0.666. The number of nitrogens with two attached hydrogens (primary N) is 1. The van der Waals surface area contributed by atoms with E-state index in [0.717, 1.165) is 13.1 Å². The fraction of sp³-hybridized carbons (Fsp3) is 1.00. The van der Waals surface area contributed by atoms with Crippen LogP contribution in [0.5, 0.6) is 0 Å². The number of nitrogens with zero attached hydrogens (tertiary/aromatic N) is 2. The minimum atomic E-state index is 0.689. The zero-order valence-electron chi connectivity index (χ0n) is 8.29. The molecule has 1 fully saturated rings. The highest BCUT2D eigenvalue weighted by atomic mass is 15.4. The molecule has 0 aromatic heterocycles. The van der Waals surface area contributed by atoms with Gasteiger partial charge in [0.1, 0.15) is 0 Å². The Morgan fingerprint density at radius 3 is 1.92 bits per heavy atom. The lowest BCUT2D eigenvalue weighted by Crippen LogP contribution is -2.42. The van der Waals surface area contributed by atoms with Crippen LogP contribution in [0.15, 0.2) is 0 Å². The standard InChI is InChI=1S/C9H21N3/c1-9(2)11-5-3-7-12(10)8-4-6-11/h9H,3-8,10H2,1-2H3. The molecule has 0 aromatic carbocycles. The summed E-state index contributed by atoms with van der Waals surface area (Å²) in [6, 6.07) is 0.689. The largest absolute Gasteiger partial charge is 0.301 e. The predicted molar refractivity (Wildman–Crippen MR) is 51.7 cm³/mol. The van der Waals surface area contributed by atoms with Crippen LogP contribution in [-0.2, 0) is 0 Å². The number of hydrogen-bond acceptors (Lipinski definition) is 3. The molecule has 2 N–H and O–H groups in total. The molecule has 0 amide bonds. The van der Waals surface area contributed by atoms with Gasteiger partial charge in [-0.2, -0.15) is 0 Å². The van der Waals surface area contributed by atoms with Gasteiger partial charge in [-0.3, -0.25) is 5.84 Å². The maximum atomic E-state index is 5.74. The number of hydrazine groups is 1. The first-order valence-corrected chi connectivity index (χ1v) is 4.94. The summed E-state index contributed by atoms with van der Waals surface area (Å²) in [6.07, 6.45) is 2.41. The zero-order chi connectivity index (χ0) is 8.97. The lowest BCUT2D eigenvalue weighted by atomic mass is 10.2. The molecule has 0 aromatic rings. The summed E-state index contributed by atoms with van der Waals surface area (Å²) in [4.78, 5) is 2.53. The fourth-order valence-corrected chi connectivity index (χ4v) is 1.69. The zero-order valence-corrected chi connectivity index (χ0v) is 8.29. The van der Waals surface area contributed by atoms with Crippen LogP contribution in [0.4, 0.5) is 0 Å². The Morgan fingerprint density at radius 2 is 1.50 bits per heavy atom. The Balaban J connectivity index is 2.30. The molecule has 0 radical (unpaired) electrons. The van der Waals surface area contributed by atoms with Crippen molar-refractivity contribution in [3.63, 3.8) is 0 Å². The van der Waals surface area contributed by atoms with Crippen molar-refractivity contribution < 1.29 is 0 Å². The van der Waals surface area contributed by atoms with Gasteiger partial charge in [-0.15, -0.1) is 0 Å². The van der Waals surface area contributed by atoms with Crippen molar-refractivity contribution in [1.82, 2.24) is 9.91 Å². The molecule has 0 bridgehead atoms. The molecule has 1 aliphatic rings. The van der Waals surface area contributed by atoms with Gasteiger partial charge in [0.15, 0.2) is 0 Å². The van der Waals surface area contributed by atoms with Crippen molar-refractivity contribution >= 4 is 0 Å². The van der Waals surface area contributed by atoms with Crippen LogP contribution in [0.2, 0.25) is 0 Å². The first-order chi connectivity index (χ1) is 5.70. The van der Waals surface area contributed by atoms with Crippen LogP contribution in [0.25, 0.3) is 0 Å². The normalized spacial score (nSPS) is 24.0. The molecule has 72 valence electrons. The molecule has 1 saturated heterocycles. The molecule has 0 atom stereocenters. The highest BCUT2D eigenvalue weighted by molar-refractivity contribution is 4.67. The van der Waals surface area contributed by atoms with Crippen molar-refractivity contribution in [2.45, 2.75) is 32.7 Å². The summed E-state index contributed by atoms with van der Waals surface area (Å²) in [5, 5.41) is 1.94. The van der Waals surface area contributed by atoms with Crippen molar-refractivity contribution in [2.24, 2.45) is 5.84 Å². The molecule has 0 spiro atoms. The monoisotopic (exact) mass is 171 g/mol. The van der Waals surface area contributed by atoms with E-state index in [1.807, 2.05) is 5.01 Å². The van der Waals surface area contributed by atoms with Crippen molar-refractivity contribution in [1.29, 1.82) is 0 Å². The van der Waals surface area contributed by atoms with E-state index >= 15 is 0 Å². The Hall–Kier alpha value is -0.120. The second-order valence-corrected chi connectivity index (χ2v) is 3.87. The number of rotatable bonds is 1. The lowest BCUT2D eigenvalue weighted by Gasteiger charge is -2.30. The minimum Gasteiger partial charge on any atom is -0.301 e.